The Kier molecular flexibility index (Phi) is 9.17. The second kappa shape index (κ2) is 10.3. The molecular formula is C19H22Cl2Zr-2. The monoisotopic (exact) mass is 410 g/mol. The molecule has 0 aliphatic heterocycles. The quantitative estimate of drug-likeness (QED) is 0.360. The van der Waals surface area contributed by atoms with Gasteiger partial charge in [-0.1, -0.05) is 19.9 Å². The molecule has 0 atom stereocenters. The van der Waals surface area contributed by atoms with Gasteiger partial charge in [-0.25, -0.2) is 11.6 Å². The Labute approximate surface area is 148 Å². The SMILES string of the molecule is C[C](C)=[Zr]([Cl])[Cl].Cc1cc2ccccc2[cH-]1.Cc1cc[cH-]c1. The zero-order chi connectivity index (χ0) is 16.5. The van der Waals surface area contributed by atoms with Gasteiger partial charge in [0, 0.05) is 0 Å². The molecule has 3 aromatic rings. The maximum Gasteiger partial charge on any atom is -0.0579 e. The van der Waals surface area contributed by atoms with Gasteiger partial charge in [-0.2, -0.15) is 24.3 Å². The minimum atomic E-state index is -1.84. The number of benzene rings is 1. The van der Waals surface area contributed by atoms with Gasteiger partial charge >= 0.3 is 53.0 Å². The molecular weight excluding hydrogens is 390 g/mol. The van der Waals surface area contributed by atoms with E-state index in [1.54, 1.807) is 0 Å². The summed E-state index contributed by atoms with van der Waals surface area (Å²) in [5.74, 6) is 0. The average Bonchev–Trinajstić information content (AvgIpc) is 3.07. The van der Waals surface area contributed by atoms with Crippen molar-refractivity contribution in [3.8, 4) is 0 Å². The molecule has 0 heterocycles. The van der Waals surface area contributed by atoms with Crippen LogP contribution in [0.25, 0.3) is 10.8 Å². The van der Waals surface area contributed by atoms with Gasteiger partial charge in [-0.05, 0) is 0 Å². The molecule has 3 rings (SSSR count). The topological polar surface area (TPSA) is 0 Å². The van der Waals surface area contributed by atoms with Crippen molar-refractivity contribution in [2.75, 3.05) is 0 Å². The van der Waals surface area contributed by atoms with Crippen LogP contribution in [0, 0.1) is 13.8 Å². The predicted molar refractivity (Wildman–Crippen MR) is 99.1 cm³/mol. The summed E-state index contributed by atoms with van der Waals surface area (Å²) >= 11 is -1.84. The number of halogens is 2. The first-order chi connectivity index (χ1) is 10.4. The van der Waals surface area contributed by atoms with E-state index in [1.807, 2.05) is 26.0 Å². The Hall–Kier alpha value is -0.487. The van der Waals surface area contributed by atoms with Crippen LogP contribution in [-0.4, -0.2) is 3.21 Å². The van der Waals surface area contributed by atoms with Gasteiger partial charge in [0.25, 0.3) is 0 Å². The standard InChI is InChI=1S/C10H9.C6H7.C3H6.2ClH.Zr/c1-8-6-9-4-2-3-5-10(9)7-8;1-6-4-2-3-5-6;1-3-2;;;/h2-7H,1H3;2-5H,1H3;1-2H3;2*1H;/q2*-1;;;;+2/p-2. The first-order valence-electron chi connectivity index (χ1n) is 7.19. The van der Waals surface area contributed by atoms with Crippen molar-refractivity contribution >= 4 is 31.0 Å². The Morgan fingerprint density at radius 3 is 2.09 bits per heavy atom. The zero-order valence-corrected chi connectivity index (χ0v) is 17.5. The Bertz CT molecular complexity index is 655. The van der Waals surface area contributed by atoms with E-state index >= 15 is 0 Å². The molecule has 0 aromatic heterocycles. The smallest absolute Gasteiger partial charge is 0.0579 e. The molecule has 0 unspecified atom stereocenters. The molecule has 118 valence electrons. The Morgan fingerprint density at radius 1 is 1.05 bits per heavy atom. The van der Waals surface area contributed by atoms with Crippen LogP contribution in [0.15, 0.2) is 60.7 Å². The molecule has 0 aliphatic carbocycles. The Balaban J connectivity index is 0.000000176. The molecule has 3 aromatic carbocycles. The second-order valence-electron chi connectivity index (χ2n) is 5.38. The molecule has 0 saturated carbocycles. The van der Waals surface area contributed by atoms with E-state index in [1.165, 1.54) is 25.1 Å². The van der Waals surface area contributed by atoms with Gasteiger partial charge < -0.3 is 0 Å². The van der Waals surface area contributed by atoms with E-state index in [-0.39, 0.29) is 0 Å². The van der Waals surface area contributed by atoms with Gasteiger partial charge in [0.15, 0.2) is 0 Å². The number of fused-ring (bicyclic) bond motifs is 1. The maximum atomic E-state index is 5.54. The van der Waals surface area contributed by atoms with Crippen LogP contribution in [0.5, 0.6) is 0 Å². The van der Waals surface area contributed by atoms with E-state index in [9.17, 15) is 0 Å². The molecule has 0 nitrogen and oxygen atoms in total. The van der Waals surface area contributed by atoms with E-state index in [0.29, 0.717) is 0 Å². The first kappa shape index (κ1) is 19.6. The molecule has 0 radical (unpaired) electrons. The largest absolute Gasteiger partial charge is 0.211 e. The normalized spacial score (nSPS) is 9.36. The molecule has 3 heteroatoms. The van der Waals surface area contributed by atoms with E-state index in [0.717, 1.165) is 0 Å². The van der Waals surface area contributed by atoms with Crippen LogP contribution < -0.4 is 0 Å². The summed E-state index contributed by atoms with van der Waals surface area (Å²) in [6.07, 6.45) is 0. The summed E-state index contributed by atoms with van der Waals surface area (Å²) in [6, 6.07) is 21.1. The van der Waals surface area contributed by atoms with Crippen molar-refractivity contribution in [2.24, 2.45) is 0 Å². The summed E-state index contributed by atoms with van der Waals surface area (Å²) in [5, 5.41) is 2.69. The molecule has 0 fully saturated rings. The van der Waals surface area contributed by atoms with E-state index in [4.69, 9.17) is 17.0 Å². The third-order valence-corrected chi connectivity index (χ3v) is 9.30. The summed E-state index contributed by atoms with van der Waals surface area (Å²) in [7, 11) is 11.1. The number of hydrogen-bond acceptors (Lipinski definition) is 0. The van der Waals surface area contributed by atoms with Crippen molar-refractivity contribution in [3.05, 3.63) is 71.8 Å². The van der Waals surface area contributed by atoms with Crippen LogP contribution in [0.4, 0.5) is 0 Å². The van der Waals surface area contributed by atoms with Gasteiger partial charge in [0.05, 0.1) is 0 Å². The predicted octanol–water partition coefficient (Wildman–Crippen LogP) is 6.71. The zero-order valence-electron chi connectivity index (χ0n) is 13.5. The minimum Gasteiger partial charge on any atom is -0.211 e. The number of aryl methyl sites for hydroxylation is 2. The van der Waals surface area contributed by atoms with Crippen molar-refractivity contribution < 1.29 is 18.9 Å². The molecule has 0 bridgehead atoms. The molecule has 0 amide bonds. The summed E-state index contributed by atoms with van der Waals surface area (Å²) in [4.78, 5) is 0. The minimum absolute atomic E-state index is 1.24. The van der Waals surface area contributed by atoms with Crippen molar-refractivity contribution in [1.82, 2.24) is 0 Å². The molecule has 0 saturated heterocycles. The average molecular weight is 413 g/mol. The van der Waals surface area contributed by atoms with Crippen LogP contribution in [0.1, 0.15) is 25.0 Å². The van der Waals surface area contributed by atoms with Crippen molar-refractivity contribution in [1.29, 1.82) is 0 Å². The van der Waals surface area contributed by atoms with E-state index < -0.39 is 18.9 Å². The maximum absolute atomic E-state index is 5.54. The van der Waals surface area contributed by atoms with Crippen molar-refractivity contribution in [3.63, 3.8) is 0 Å². The van der Waals surface area contributed by atoms with Gasteiger partial charge in [0.2, 0.25) is 0 Å². The van der Waals surface area contributed by atoms with Gasteiger partial charge in [0.1, 0.15) is 0 Å². The molecule has 0 aliphatic rings. The van der Waals surface area contributed by atoms with Crippen molar-refractivity contribution in [2.45, 2.75) is 27.7 Å². The third-order valence-electron chi connectivity index (χ3n) is 2.97. The molecule has 0 N–H and O–H groups in total. The fraction of sp³-hybridized carbons (Fsp3) is 0.211. The molecule has 0 spiro atoms. The van der Waals surface area contributed by atoms with Crippen LogP contribution >= 0.6 is 17.0 Å². The fourth-order valence-corrected chi connectivity index (χ4v) is 1.78. The third kappa shape index (κ3) is 7.68. The van der Waals surface area contributed by atoms with Crippen LogP contribution in [0.3, 0.4) is 0 Å². The summed E-state index contributed by atoms with van der Waals surface area (Å²) < 4.78 is 1.24. The van der Waals surface area contributed by atoms with E-state index in [2.05, 4.69) is 62.4 Å². The summed E-state index contributed by atoms with van der Waals surface area (Å²) in [6.45, 7) is 8.17. The van der Waals surface area contributed by atoms with Gasteiger partial charge in [-0.15, -0.1) is 40.6 Å². The Morgan fingerprint density at radius 2 is 1.68 bits per heavy atom. The number of rotatable bonds is 0. The second-order valence-corrected chi connectivity index (χ2v) is 14.7. The number of hydrogen-bond donors (Lipinski definition) is 0. The first-order valence-corrected chi connectivity index (χ1v) is 14.7. The summed E-state index contributed by atoms with van der Waals surface area (Å²) in [5.41, 5.74) is 2.69. The van der Waals surface area contributed by atoms with Crippen LogP contribution in [0.2, 0.25) is 0 Å². The fourth-order valence-electron chi connectivity index (χ4n) is 1.78. The van der Waals surface area contributed by atoms with Crippen LogP contribution in [-0.2, 0) is 18.9 Å². The molecule has 22 heavy (non-hydrogen) atoms. The van der Waals surface area contributed by atoms with Gasteiger partial charge in [-0.3, -0.25) is 0 Å².